The molecular weight excluding hydrogens is 230 g/mol. The number of aliphatic hydroxyl groups excluding tert-OH is 1. The van der Waals surface area contributed by atoms with Crippen molar-refractivity contribution in [2.75, 3.05) is 6.54 Å². The average Bonchev–Trinajstić information content (AvgIpc) is 2.81. The molecule has 1 unspecified atom stereocenters. The summed E-state index contributed by atoms with van der Waals surface area (Å²) in [6.45, 7) is 4.22. The van der Waals surface area contributed by atoms with Crippen molar-refractivity contribution in [3.63, 3.8) is 0 Å². The summed E-state index contributed by atoms with van der Waals surface area (Å²) in [5.41, 5.74) is 8.93. The van der Waals surface area contributed by atoms with E-state index in [1.54, 1.807) is 0 Å². The summed E-state index contributed by atoms with van der Waals surface area (Å²) in [6.07, 6.45) is -0.298. The maximum absolute atomic E-state index is 9.47. The first kappa shape index (κ1) is 12.7. The molecule has 96 valence electrons. The highest BCUT2D eigenvalue weighted by molar-refractivity contribution is 5.31. The van der Waals surface area contributed by atoms with Crippen molar-refractivity contribution in [3.05, 3.63) is 46.6 Å². The Kier molecular flexibility index (Phi) is 3.74. The third-order valence-electron chi connectivity index (χ3n) is 2.93. The van der Waals surface area contributed by atoms with Crippen LogP contribution in [0, 0.1) is 13.8 Å². The largest absolute Gasteiger partial charge is 0.382 e. The van der Waals surface area contributed by atoms with Gasteiger partial charge in [-0.1, -0.05) is 23.4 Å². The van der Waals surface area contributed by atoms with Crippen LogP contribution in [0.3, 0.4) is 0 Å². The maximum Gasteiger partial charge on any atom is 0.256 e. The first-order chi connectivity index (χ1) is 8.60. The Morgan fingerprint density at radius 3 is 2.78 bits per heavy atom. The summed E-state index contributed by atoms with van der Waals surface area (Å²) in [6, 6.07) is 6.21. The molecule has 3 N–H and O–H groups in total. The fourth-order valence-corrected chi connectivity index (χ4v) is 1.67. The third kappa shape index (κ3) is 2.75. The lowest BCUT2D eigenvalue weighted by Crippen LogP contribution is -2.11. The first-order valence-corrected chi connectivity index (χ1v) is 5.87. The van der Waals surface area contributed by atoms with Gasteiger partial charge >= 0.3 is 0 Å². The standard InChI is InChI=1S/C13H17N3O2/c1-8-3-4-10(5-9(8)2)6-12-15-13(18-16-12)11(17)7-14/h3-5,11,17H,6-7,14H2,1-2H3. The average molecular weight is 247 g/mol. The van der Waals surface area contributed by atoms with Crippen LogP contribution in [0.1, 0.15) is 34.5 Å². The molecule has 5 heteroatoms. The number of aryl methyl sites for hydroxylation is 2. The molecule has 1 atom stereocenters. The minimum atomic E-state index is -0.883. The van der Waals surface area contributed by atoms with E-state index in [0.717, 1.165) is 5.56 Å². The van der Waals surface area contributed by atoms with Crippen LogP contribution in [0.2, 0.25) is 0 Å². The molecular formula is C13H17N3O2. The van der Waals surface area contributed by atoms with Crippen LogP contribution in [0.15, 0.2) is 22.7 Å². The Bertz CT molecular complexity index is 537. The third-order valence-corrected chi connectivity index (χ3v) is 2.93. The molecule has 0 fully saturated rings. The van der Waals surface area contributed by atoms with Gasteiger partial charge in [0.05, 0.1) is 0 Å². The number of aromatic nitrogens is 2. The minimum Gasteiger partial charge on any atom is -0.382 e. The Labute approximate surface area is 106 Å². The highest BCUT2D eigenvalue weighted by atomic mass is 16.5. The van der Waals surface area contributed by atoms with E-state index in [4.69, 9.17) is 10.3 Å². The normalized spacial score (nSPS) is 12.7. The van der Waals surface area contributed by atoms with Crippen molar-refractivity contribution in [2.45, 2.75) is 26.4 Å². The Morgan fingerprint density at radius 1 is 1.33 bits per heavy atom. The monoisotopic (exact) mass is 247 g/mol. The second kappa shape index (κ2) is 5.29. The molecule has 5 nitrogen and oxygen atoms in total. The molecule has 1 heterocycles. The quantitative estimate of drug-likeness (QED) is 0.849. The van der Waals surface area contributed by atoms with Gasteiger partial charge in [-0.2, -0.15) is 4.98 Å². The van der Waals surface area contributed by atoms with Gasteiger partial charge < -0.3 is 15.4 Å². The first-order valence-electron chi connectivity index (χ1n) is 5.87. The lowest BCUT2D eigenvalue weighted by atomic mass is 10.0. The lowest BCUT2D eigenvalue weighted by molar-refractivity contribution is 0.141. The number of nitrogens with zero attached hydrogens (tertiary/aromatic N) is 2. The molecule has 0 radical (unpaired) electrons. The molecule has 0 saturated carbocycles. The van der Waals surface area contributed by atoms with E-state index in [1.165, 1.54) is 11.1 Å². The van der Waals surface area contributed by atoms with Gasteiger partial charge in [0.25, 0.3) is 5.89 Å². The van der Waals surface area contributed by atoms with Crippen LogP contribution in [0.25, 0.3) is 0 Å². The molecule has 0 bridgehead atoms. The van der Waals surface area contributed by atoms with Gasteiger partial charge in [-0.3, -0.25) is 0 Å². The summed E-state index contributed by atoms with van der Waals surface area (Å²) >= 11 is 0. The molecule has 1 aromatic heterocycles. The smallest absolute Gasteiger partial charge is 0.256 e. The van der Waals surface area contributed by atoms with Crippen molar-refractivity contribution in [1.82, 2.24) is 10.1 Å². The highest BCUT2D eigenvalue weighted by Gasteiger charge is 2.14. The SMILES string of the molecule is Cc1ccc(Cc2noc(C(O)CN)n2)cc1C. The molecule has 0 aliphatic rings. The van der Waals surface area contributed by atoms with E-state index in [1.807, 2.05) is 6.07 Å². The van der Waals surface area contributed by atoms with E-state index in [-0.39, 0.29) is 12.4 Å². The van der Waals surface area contributed by atoms with Crippen LogP contribution in [0.5, 0.6) is 0 Å². The van der Waals surface area contributed by atoms with Gasteiger partial charge in [-0.25, -0.2) is 0 Å². The number of nitrogens with two attached hydrogens (primary N) is 1. The van der Waals surface area contributed by atoms with E-state index in [0.29, 0.717) is 12.2 Å². The zero-order valence-electron chi connectivity index (χ0n) is 10.6. The van der Waals surface area contributed by atoms with Crippen LogP contribution in [0.4, 0.5) is 0 Å². The molecule has 0 aliphatic heterocycles. The summed E-state index contributed by atoms with van der Waals surface area (Å²) in [4.78, 5) is 4.12. The van der Waals surface area contributed by atoms with Crippen LogP contribution < -0.4 is 5.73 Å². The van der Waals surface area contributed by atoms with Gasteiger partial charge in [0.2, 0.25) is 0 Å². The van der Waals surface area contributed by atoms with Crippen LogP contribution >= 0.6 is 0 Å². The number of rotatable bonds is 4. The van der Waals surface area contributed by atoms with E-state index in [2.05, 4.69) is 36.1 Å². The minimum absolute atomic E-state index is 0.0747. The van der Waals surface area contributed by atoms with Gasteiger partial charge in [-0.15, -0.1) is 0 Å². The van der Waals surface area contributed by atoms with Crippen molar-refractivity contribution in [2.24, 2.45) is 5.73 Å². The summed E-state index contributed by atoms with van der Waals surface area (Å²) in [5, 5.41) is 13.3. The molecule has 0 aliphatic carbocycles. The second-order valence-electron chi connectivity index (χ2n) is 4.40. The van der Waals surface area contributed by atoms with Crippen molar-refractivity contribution >= 4 is 0 Å². The van der Waals surface area contributed by atoms with Crippen molar-refractivity contribution in [1.29, 1.82) is 0 Å². The van der Waals surface area contributed by atoms with E-state index >= 15 is 0 Å². The number of hydrogen-bond acceptors (Lipinski definition) is 5. The lowest BCUT2D eigenvalue weighted by Gasteiger charge is -2.02. The number of benzene rings is 1. The molecule has 0 amide bonds. The predicted molar refractivity (Wildman–Crippen MR) is 67.0 cm³/mol. The van der Waals surface area contributed by atoms with E-state index < -0.39 is 6.10 Å². The van der Waals surface area contributed by atoms with Gasteiger partial charge in [0, 0.05) is 13.0 Å². The van der Waals surface area contributed by atoms with Gasteiger partial charge in [-0.05, 0) is 30.5 Å². The molecule has 2 rings (SSSR count). The van der Waals surface area contributed by atoms with Crippen molar-refractivity contribution < 1.29 is 9.63 Å². The fraction of sp³-hybridized carbons (Fsp3) is 0.385. The molecule has 0 spiro atoms. The second-order valence-corrected chi connectivity index (χ2v) is 4.40. The Morgan fingerprint density at radius 2 is 2.11 bits per heavy atom. The van der Waals surface area contributed by atoms with E-state index in [9.17, 15) is 5.11 Å². The zero-order valence-corrected chi connectivity index (χ0v) is 10.6. The molecule has 18 heavy (non-hydrogen) atoms. The number of hydrogen-bond donors (Lipinski definition) is 2. The number of aliphatic hydroxyl groups is 1. The highest BCUT2D eigenvalue weighted by Crippen LogP contribution is 2.14. The zero-order chi connectivity index (χ0) is 13.1. The van der Waals surface area contributed by atoms with Gasteiger partial charge in [0.1, 0.15) is 6.10 Å². The van der Waals surface area contributed by atoms with Crippen LogP contribution in [-0.2, 0) is 6.42 Å². The summed E-state index contributed by atoms with van der Waals surface area (Å²) in [5.74, 6) is 0.733. The maximum atomic E-state index is 9.47. The predicted octanol–water partition coefficient (Wildman–Crippen LogP) is 1.27. The van der Waals surface area contributed by atoms with Crippen LogP contribution in [-0.4, -0.2) is 21.8 Å². The Balaban J connectivity index is 2.13. The van der Waals surface area contributed by atoms with Gasteiger partial charge in [0.15, 0.2) is 5.82 Å². The molecule has 0 saturated heterocycles. The molecule has 1 aromatic carbocycles. The summed E-state index contributed by atoms with van der Waals surface area (Å²) in [7, 11) is 0. The fourth-order valence-electron chi connectivity index (χ4n) is 1.67. The topological polar surface area (TPSA) is 85.2 Å². The summed E-state index contributed by atoms with van der Waals surface area (Å²) < 4.78 is 4.95. The Hall–Kier alpha value is -1.72. The molecule has 2 aromatic rings. The van der Waals surface area contributed by atoms with Crippen molar-refractivity contribution in [3.8, 4) is 0 Å².